The third-order valence-electron chi connectivity index (χ3n) is 3.20. The van der Waals surface area contributed by atoms with E-state index in [1.807, 2.05) is 18.3 Å². The lowest BCUT2D eigenvalue weighted by atomic mass is 10.1. The van der Waals surface area contributed by atoms with Crippen LogP contribution in [0.1, 0.15) is 18.4 Å². The van der Waals surface area contributed by atoms with Crippen LogP contribution >= 0.6 is 0 Å². The Morgan fingerprint density at radius 2 is 2.20 bits per heavy atom. The highest BCUT2D eigenvalue weighted by Crippen LogP contribution is 2.19. The lowest BCUT2D eigenvalue weighted by Gasteiger charge is -2.01. The van der Waals surface area contributed by atoms with Gasteiger partial charge in [0.05, 0.1) is 0 Å². The highest BCUT2D eigenvalue weighted by Gasteiger charge is 2.06. The second kappa shape index (κ2) is 5.56. The topological polar surface area (TPSA) is 86.5 Å². The van der Waals surface area contributed by atoms with Crippen molar-refractivity contribution < 1.29 is 4.79 Å². The average molecular weight is 269 g/mol. The van der Waals surface area contributed by atoms with Gasteiger partial charge in [-0.15, -0.1) is 0 Å². The van der Waals surface area contributed by atoms with E-state index in [0.717, 1.165) is 18.4 Å². The Bertz CT molecular complexity index is 701. The van der Waals surface area contributed by atoms with E-state index < -0.39 is 0 Å². The summed E-state index contributed by atoms with van der Waals surface area (Å²) in [6.45, 7) is 0. The fraction of sp³-hybridized carbons (Fsp3) is 0.214. The Labute approximate surface area is 115 Å². The second-order valence-electron chi connectivity index (χ2n) is 4.60. The van der Waals surface area contributed by atoms with Crippen molar-refractivity contribution in [1.29, 1.82) is 0 Å². The van der Waals surface area contributed by atoms with Crippen molar-refractivity contribution in [2.24, 2.45) is 0 Å². The van der Waals surface area contributed by atoms with Crippen molar-refractivity contribution >= 4 is 22.8 Å². The van der Waals surface area contributed by atoms with E-state index in [-0.39, 0.29) is 5.91 Å². The molecule has 6 heteroatoms. The van der Waals surface area contributed by atoms with Gasteiger partial charge in [-0.3, -0.25) is 10.1 Å². The van der Waals surface area contributed by atoms with Crippen molar-refractivity contribution in [3.05, 3.63) is 42.4 Å². The molecule has 0 unspecified atom stereocenters. The Morgan fingerprint density at radius 3 is 3.05 bits per heavy atom. The summed E-state index contributed by atoms with van der Waals surface area (Å²) in [5.74, 6) is 0.337. The average Bonchev–Trinajstić information content (AvgIpc) is 3.09. The van der Waals surface area contributed by atoms with Crippen LogP contribution in [0.5, 0.6) is 0 Å². The predicted molar refractivity (Wildman–Crippen MR) is 76.2 cm³/mol. The summed E-state index contributed by atoms with van der Waals surface area (Å²) in [7, 11) is 0. The van der Waals surface area contributed by atoms with Gasteiger partial charge in [-0.2, -0.15) is 10.1 Å². The minimum absolute atomic E-state index is 0.0541. The first-order valence-electron chi connectivity index (χ1n) is 6.53. The molecule has 3 N–H and O–H groups in total. The molecule has 0 saturated carbocycles. The molecule has 0 spiro atoms. The minimum Gasteiger partial charge on any atom is -0.361 e. The number of aromatic nitrogens is 4. The number of amides is 1. The maximum atomic E-state index is 11.7. The van der Waals surface area contributed by atoms with Gasteiger partial charge in [0.2, 0.25) is 11.9 Å². The normalized spacial score (nSPS) is 10.8. The quantitative estimate of drug-likeness (QED) is 0.664. The highest BCUT2D eigenvalue weighted by atomic mass is 16.1. The number of carbonyl (C=O) groups is 1. The van der Waals surface area contributed by atoms with Gasteiger partial charge in [-0.1, -0.05) is 18.2 Å². The summed E-state index contributed by atoms with van der Waals surface area (Å²) in [5, 5.41) is 10.2. The molecule has 0 aliphatic carbocycles. The lowest BCUT2D eigenvalue weighted by molar-refractivity contribution is -0.116. The van der Waals surface area contributed by atoms with Crippen LogP contribution in [-0.2, 0) is 11.2 Å². The van der Waals surface area contributed by atoms with E-state index in [1.165, 1.54) is 17.3 Å². The molecule has 1 aromatic carbocycles. The first kappa shape index (κ1) is 12.4. The van der Waals surface area contributed by atoms with Crippen molar-refractivity contribution in [3.8, 4) is 0 Å². The van der Waals surface area contributed by atoms with E-state index >= 15 is 0 Å². The number of fused-ring (bicyclic) bond motifs is 1. The SMILES string of the molecule is O=C(CCCc1c[nH]c2ccccc12)Nc1ncn[nH]1. The standard InChI is InChI=1S/C14H15N5O/c20-13(18-14-16-9-17-19-14)7-3-4-10-8-15-12-6-2-1-5-11(10)12/h1-2,5-6,8-9,15H,3-4,7H2,(H2,16,17,18,19,20). The molecule has 2 heterocycles. The summed E-state index contributed by atoms with van der Waals surface area (Å²) in [6.07, 6.45) is 5.50. The van der Waals surface area contributed by atoms with Crippen LogP contribution < -0.4 is 5.32 Å². The second-order valence-corrected chi connectivity index (χ2v) is 4.60. The first-order chi connectivity index (χ1) is 9.83. The fourth-order valence-electron chi connectivity index (χ4n) is 2.24. The van der Waals surface area contributed by atoms with Crippen LogP contribution in [-0.4, -0.2) is 26.1 Å². The third kappa shape index (κ3) is 2.69. The lowest BCUT2D eigenvalue weighted by Crippen LogP contribution is -2.12. The number of H-pyrrole nitrogens is 2. The molecule has 0 atom stereocenters. The monoisotopic (exact) mass is 269 g/mol. The number of carbonyl (C=O) groups excluding carboxylic acids is 1. The van der Waals surface area contributed by atoms with Crippen LogP contribution in [0.2, 0.25) is 0 Å². The van der Waals surface area contributed by atoms with Gasteiger partial charge in [0.15, 0.2) is 0 Å². The number of aryl methyl sites for hydroxylation is 1. The largest absolute Gasteiger partial charge is 0.361 e. The molecule has 3 rings (SSSR count). The smallest absolute Gasteiger partial charge is 0.226 e. The molecule has 0 bridgehead atoms. The Hall–Kier alpha value is -2.63. The van der Waals surface area contributed by atoms with Crippen LogP contribution in [0.3, 0.4) is 0 Å². The van der Waals surface area contributed by atoms with Gasteiger partial charge < -0.3 is 4.98 Å². The van der Waals surface area contributed by atoms with Crippen molar-refractivity contribution in [2.75, 3.05) is 5.32 Å². The molecule has 0 fully saturated rings. The molecule has 2 aromatic heterocycles. The number of hydrogen-bond donors (Lipinski definition) is 3. The van der Waals surface area contributed by atoms with E-state index in [1.54, 1.807) is 0 Å². The number of para-hydroxylation sites is 1. The zero-order valence-electron chi connectivity index (χ0n) is 10.9. The molecule has 0 saturated heterocycles. The summed E-state index contributed by atoms with van der Waals surface area (Å²) in [6, 6.07) is 8.18. The minimum atomic E-state index is -0.0541. The summed E-state index contributed by atoms with van der Waals surface area (Å²) >= 11 is 0. The molecular formula is C14H15N5O. The molecule has 3 aromatic rings. The van der Waals surface area contributed by atoms with Crippen LogP contribution in [0.25, 0.3) is 10.9 Å². The van der Waals surface area contributed by atoms with E-state index in [2.05, 4.69) is 37.6 Å². The molecule has 1 amide bonds. The fourth-order valence-corrected chi connectivity index (χ4v) is 2.24. The van der Waals surface area contributed by atoms with Crippen LogP contribution in [0, 0.1) is 0 Å². The maximum absolute atomic E-state index is 11.7. The summed E-state index contributed by atoms with van der Waals surface area (Å²) in [5.41, 5.74) is 2.38. The number of benzene rings is 1. The van der Waals surface area contributed by atoms with Gasteiger partial charge in [0, 0.05) is 23.5 Å². The first-order valence-corrected chi connectivity index (χ1v) is 6.53. The zero-order chi connectivity index (χ0) is 13.8. The van der Waals surface area contributed by atoms with Gasteiger partial charge in [-0.25, -0.2) is 5.10 Å². The van der Waals surface area contributed by atoms with E-state index in [9.17, 15) is 4.79 Å². The number of rotatable bonds is 5. The van der Waals surface area contributed by atoms with Crippen molar-refractivity contribution in [1.82, 2.24) is 20.2 Å². The number of nitrogens with one attached hydrogen (secondary N) is 3. The Morgan fingerprint density at radius 1 is 1.30 bits per heavy atom. The van der Waals surface area contributed by atoms with Crippen molar-refractivity contribution in [3.63, 3.8) is 0 Å². The Kier molecular flexibility index (Phi) is 3.45. The number of hydrogen-bond acceptors (Lipinski definition) is 3. The predicted octanol–water partition coefficient (Wildman–Crippen LogP) is 2.25. The third-order valence-corrected chi connectivity index (χ3v) is 3.20. The van der Waals surface area contributed by atoms with Gasteiger partial charge in [0.1, 0.15) is 6.33 Å². The highest BCUT2D eigenvalue weighted by molar-refractivity contribution is 5.89. The number of aromatic amines is 2. The molecule has 20 heavy (non-hydrogen) atoms. The van der Waals surface area contributed by atoms with Crippen molar-refractivity contribution in [2.45, 2.75) is 19.3 Å². The molecule has 102 valence electrons. The Balaban J connectivity index is 1.53. The molecular weight excluding hydrogens is 254 g/mol. The van der Waals surface area contributed by atoms with Gasteiger partial charge >= 0.3 is 0 Å². The number of anilines is 1. The van der Waals surface area contributed by atoms with Gasteiger partial charge in [-0.05, 0) is 24.5 Å². The number of nitrogens with zero attached hydrogens (tertiary/aromatic N) is 2. The molecule has 0 radical (unpaired) electrons. The maximum Gasteiger partial charge on any atom is 0.226 e. The molecule has 0 aliphatic heterocycles. The molecule has 6 nitrogen and oxygen atoms in total. The summed E-state index contributed by atoms with van der Waals surface area (Å²) < 4.78 is 0. The zero-order valence-corrected chi connectivity index (χ0v) is 10.9. The van der Waals surface area contributed by atoms with E-state index in [0.29, 0.717) is 12.4 Å². The molecule has 0 aliphatic rings. The van der Waals surface area contributed by atoms with Crippen LogP contribution in [0.15, 0.2) is 36.8 Å². The summed E-state index contributed by atoms with van der Waals surface area (Å²) in [4.78, 5) is 18.8. The van der Waals surface area contributed by atoms with E-state index in [4.69, 9.17) is 0 Å². The van der Waals surface area contributed by atoms with Crippen LogP contribution in [0.4, 0.5) is 5.95 Å². The van der Waals surface area contributed by atoms with Gasteiger partial charge in [0.25, 0.3) is 0 Å².